The van der Waals surface area contributed by atoms with Crippen LogP contribution in [0, 0.1) is 16.2 Å². The van der Waals surface area contributed by atoms with E-state index in [1.165, 1.54) is 36.9 Å². The number of nitrogens with one attached hydrogen (secondary N) is 3. The first-order valence-electron chi connectivity index (χ1n) is 35.2. The Bertz CT molecular complexity index is 3140. The van der Waals surface area contributed by atoms with Crippen LogP contribution in [0.25, 0.3) is 0 Å². The van der Waals surface area contributed by atoms with Crippen molar-refractivity contribution < 1.29 is 72.1 Å². The van der Waals surface area contributed by atoms with E-state index in [2.05, 4.69) is 154 Å². The molecule has 0 aliphatic rings. The van der Waals surface area contributed by atoms with Crippen molar-refractivity contribution in [1.82, 2.24) is 25.5 Å². The van der Waals surface area contributed by atoms with E-state index in [0.29, 0.717) is 18.8 Å². The molecule has 0 radical (unpaired) electrons. The van der Waals surface area contributed by atoms with E-state index in [1.54, 1.807) is 77.5 Å². The summed E-state index contributed by atoms with van der Waals surface area (Å²) in [4.78, 5) is 114. The summed E-state index contributed by atoms with van der Waals surface area (Å²) in [6.07, 6.45) is 57.3. The minimum Gasteiger partial charge on any atom is -0.550 e. The molecule has 2 aromatic rings. The van der Waals surface area contributed by atoms with Crippen molar-refractivity contribution in [3.63, 3.8) is 0 Å². The Labute approximate surface area is 626 Å². The first-order chi connectivity index (χ1) is 50.4. The number of ether oxygens (including phenoxy) is 4. The molecule has 584 valence electrons. The van der Waals surface area contributed by atoms with Crippen LogP contribution < -0.4 is 44.4 Å². The molecule has 2 rings (SSSR count). The highest BCUT2D eigenvalue weighted by atomic mass is 16.6. The van der Waals surface area contributed by atoms with Crippen LogP contribution in [-0.4, -0.2) is 163 Å². The molecule has 0 saturated heterocycles. The highest BCUT2D eigenvalue weighted by Gasteiger charge is 2.41. The fraction of sp³-hybridized carbons (Fsp3) is 0.462. The van der Waals surface area contributed by atoms with E-state index in [4.69, 9.17) is 58.1 Å². The van der Waals surface area contributed by atoms with Crippen molar-refractivity contribution in [3.05, 3.63) is 182 Å². The van der Waals surface area contributed by atoms with Gasteiger partial charge in [0.2, 0.25) is 5.96 Å². The molecule has 0 fully saturated rings. The molecule has 0 spiro atoms. The van der Waals surface area contributed by atoms with Crippen LogP contribution in [0.5, 0.6) is 0 Å². The zero-order chi connectivity index (χ0) is 79.8. The fourth-order valence-electron chi connectivity index (χ4n) is 7.97. The Hall–Kier alpha value is -11.1. The van der Waals surface area contributed by atoms with Crippen molar-refractivity contribution in [2.75, 3.05) is 54.5 Å². The summed E-state index contributed by atoms with van der Waals surface area (Å²) in [7, 11) is 6.95. The lowest BCUT2D eigenvalue weighted by Gasteiger charge is -2.32. The molecule has 28 nitrogen and oxygen atoms in total. The predicted octanol–water partition coefficient (Wildman–Crippen LogP) is 8.65. The third kappa shape index (κ3) is 55.5. The van der Waals surface area contributed by atoms with Gasteiger partial charge in [0.25, 0.3) is 17.8 Å². The monoisotopic (exact) mass is 1470 g/mol. The predicted molar refractivity (Wildman–Crippen MR) is 415 cm³/mol. The topological polar surface area (TPSA) is 452 Å². The maximum Gasteiger partial charge on any atom is 0.387 e. The molecule has 106 heavy (non-hydrogen) atoms. The number of allylic oxidation sites excluding steroid dienone is 20. The van der Waals surface area contributed by atoms with Crippen LogP contribution in [0.2, 0.25) is 0 Å². The lowest BCUT2D eigenvalue weighted by molar-refractivity contribution is -0.466. The molecule has 28 heteroatoms. The molecule has 0 aromatic carbocycles. The third-order valence-electron chi connectivity index (χ3n) is 13.8. The number of rotatable bonds is 44. The molecule has 0 unspecified atom stereocenters. The summed E-state index contributed by atoms with van der Waals surface area (Å²) in [5, 5.41) is 31.2. The number of nitrogens with two attached hydrogens (primary N) is 5. The van der Waals surface area contributed by atoms with Gasteiger partial charge >= 0.3 is 35.8 Å². The van der Waals surface area contributed by atoms with Crippen LogP contribution in [-0.2, 0) is 47.7 Å². The first kappa shape index (κ1) is 97.0. The van der Waals surface area contributed by atoms with Gasteiger partial charge in [-0.15, -0.1) is 0 Å². The number of unbranched alkanes of at least 4 members (excludes halogenated alkanes) is 2. The number of aliphatic imine (C=N–C) groups is 2. The molecule has 2 atom stereocenters. The number of carboxylic acids is 2. The molecule has 0 aliphatic carbocycles. The Morgan fingerprint density at radius 2 is 0.896 bits per heavy atom. The smallest absolute Gasteiger partial charge is 0.387 e. The number of nitrogens with zero attached hydrogens (tertiary/aromatic N) is 6. The van der Waals surface area contributed by atoms with Crippen LogP contribution in [0.1, 0.15) is 178 Å². The van der Waals surface area contributed by atoms with Gasteiger partial charge in [-0.2, -0.15) is 4.99 Å². The normalized spacial score (nSPS) is 12.3. The number of hydrogen-bond acceptors (Lipinski definition) is 16. The van der Waals surface area contributed by atoms with Crippen LogP contribution in [0.15, 0.2) is 181 Å². The SMILES string of the molecule is CC/C=C\C/C=C\C/C=C\C/C=C\C/C=C\CCCC(=O)OCC(C)(C)[C@@H](OC(=O)c1cccnc1)C(=O)NCCC(=O)O.CC/C=C\C/C=C\C/C=C\C/C=C\C/C=C\CCCC(=O)OCC(C)(C)[C@@H](OC(=O)c1cccnc1)C(=O)NCCC(=O)[O-].CN(C)C(N)=NC(=N)N.C[N+](C)=C(N)N=C(N)N. The summed E-state index contributed by atoms with van der Waals surface area (Å²) in [6, 6.07) is 6.10. The van der Waals surface area contributed by atoms with Crippen LogP contribution >= 0.6 is 0 Å². The average Bonchev–Trinajstić information content (AvgIpc) is 0.834. The molecule has 0 bridgehead atoms. The quantitative estimate of drug-likeness (QED) is 0.00569. The van der Waals surface area contributed by atoms with E-state index in [0.717, 1.165) is 77.0 Å². The Morgan fingerprint density at radius 1 is 0.557 bits per heavy atom. The van der Waals surface area contributed by atoms with E-state index < -0.39 is 77.1 Å². The number of esters is 4. The zero-order valence-corrected chi connectivity index (χ0v) is 63.7. The van der Waals surface area contributed by atoms with Gasteiger partial charge in [-0.05, 0) is 119 Å². The second-order valence-corrected chi connectivity index (χ2v) is 24.9. The highest BCUT2D eigenvalue weighted by molar-refractivity contribution is 5.94. The summed E-state index contributed by atoms with van der Waals surface area (Å²) in [5.74, 6) is -5.96. The maximum absolute atomic E-state index is 12.9. The number of hydrogen-bond donors (Lipinski definition) is 9. The Balaban J connectivity index is 0. The van der Waals surface area contributed by atoms with Gasteiger partial charge in [-0.25, -0.2) is 9.59 Å². The molecule has 2 aromatic heterocycles. The van der Waals surface area contributed by atoms with Gasteiger partial charge in [0.05, 0.1) is 31.6 Å². The van der Waals surface area contributed by atoms with Gasteiger partial charge in [0.15, 0.2) is 18.2 Å². The van der Waals surface area contributed by atoms with Crippen molar-refractivity contribution in [2.45, 2.75) is 169 Å². The molecule has 0 saturated carbocycles. The van der Waals surface area contributed by atoms with E-state index in [1.807, 2.05) is 12.2 Å². The van der Waals surface area contributed by atoms with Gasteiger partial charge in [0.1, 0.15) is 13.2 Å². The Kier molecular flexibility index (Phi) is 56.2. The summed E-state index contributed by atoms with van der Waals surface area (Å²) in [6.45, 7) is 10.1. The fourth-order valence-corrected chi connectivity index (χ4v) is 7.97. The van der Waals surface area contributed by atoms with Gasteiger partial charge in [0, 0.05) is 88.0 Å². The summed E-state index contributed by atoms with van der Waals surface area (Å²) >= 11 is 0. The number of carbonyl (C=O) groups is 8. The standard InChI is InChI=1S/2C35H48N2O7.2C4H11N5/c2*1-4-5-6-7-8-9-10-11-12-13-14-15-16-17-18-19-20-23-31(40)43-28-35(2,3)32(33(41)37-26-24-30(38)39)44-34(42)29-22-21-25-36-27-29;2*1-9(2)4(7)8-3(5)6/h2*5-6,8-9,11-12,14-15,17-18,21-22,25,27,32H,4,7,10,13,16,19-20,23-24,26,28H2,1-3H3,(H,37,41)(H,38,39);2*1-2H3,(H5,5,6,7,8)/b2*6-5-,9-8-,12-11-,15-14-,18-17-;;/t2*32-;;/m00../s1. The highest BCUT2D eigenvalue weighted by Crippen LogP contribution is 2.28. The number of guanidine groups is 4. The molecule has 2 amide bonds. The second kappa shape index (κ2) is 61.4. The van der Waals surface area contributed by atoms with Crippen LogP contribution in [0.3, 0.4) is 0 Å². The summed E-state index contributed by atoms with van der Waals surface area (Å²) in [5.41, 5.74) is 23.7. The van der Waals surface area contributed by atoms with E-state index >= 15 is 0 Å². The average molecular weight is 1480 g/mol. The number of pyridine rings is 2. The Morgan fingerprint density at radius 3 is 1.16 bits per heavy atom. The van der Waals surface area contributed by atoms with Gasteiger partial charge in [-0.3, -0.25) is 49.7 Å². The van der Waals surface area contributed by atoms with Crippen molar-refractivity contribution in [1.29, 1.82) is 5.41 Å². The lowest BCUT2D eigenvalue weighted by atomic mass is 9.86. The number of carbonyl (C=O) groups excluding carboxylic acids is 7. The largest absolute Gasteiger partial charge is 0.550 e. The summed E-state index contributed by atoms with van der Waals surface area (Å²) < 4.78 is 23.4. The third-order valence-corrected chi connectivity index (χ3v) is 13.8. The number of amides is 2. The van der Waals surface area contributed by atoms with Gasteiger partial charge < -0.3 is 72.4 Å². The molecular weight excluding hydrogens is 1360 g/mol. The zero-order valence-electron chi connectivity index (χ0n) is 63.7. The molecule has 14 N–H and O–H groups in total. The van der Waals surface area contributed by atoms with Crippen molar-refractivity contribution in [3.8, 4) is 0 Å². The van der Waals surface area contributed by atoms with Crippen molar-refractivity contribution in [2.24, 2.45) is 49.5 Å². The number of aromatic nitrogens is 2. The minimum atomic E-state index is -1.36. The first-order valence-corrected chi connectivity index (χ1v) is 35.2. The molecule has 2 heterocycles. The van der Waals surface area contributed by atoms with Crippen LogP contribution in [0.4, 0.5) is 0 Å². The van der Waals surface area contributed by atoms with E-state index in [9.17, 15) is 43.5 Å². The maximum atomic E-state index is 12.9. The second-order valence-electron chi connectivity index (χ2n) is 24.9. The minimum absolute atomic E-state index is 0.0267. The van der Waals surface area contributed by atoms with E-state index in [-0.39, 0.29) is 74.6 Å². The lowest BCUT2D eigenvalue weighted by Crippen LogP contribution is -2.49. The number of aliphatic carboxylic acids is 2. The molecular formula is C78H118N14O14. The number of carboxylic acid groups (broad SMARTS) is 2. The molecule has 0 aliphatic heterocycles. The van der Waals surface area contributed by atoms with Gasteiger partial charge in [-0.1, -0.05) is 163 Å². The van der Waals surface area contributed by atoms with Crippen molar-refractivity contribution >= 4 is 71.5 Å².